The van der Waals surface area contributed by atoms with E-state index < -0.39 is 11.6 Å². The quantitative estimate of drug-likeness (QED) is 0.619. The van der Waals surface area contributed by atoms with E-state index in [2.05, 4.69) is 49.3 Å². The second kappa shape index (κ2) is 6.05. The molecule has 2 aromatic carbocycles. The number of rotatable bonds is 3. The molecule has 1 saturated carbocycles. The second-order valence-corrected chi connectivity index (χ2v) is 7.08. The Kier molecular flexibility index (Phi) is 4.31. The Morgan fingerprint density at radius 2 is 1.76 bits per heavy atom. The minimum atomic E-state index is -0.457. The van der Waals surface area contributed by atoms with E-state index in [4.69, 9.17) is 0 Å². The van der Waals surface area contributed by atoms with Crippen LogP contribution in [0.2, 0.25) is 0 Å². The SMILES string of the molecule is Fc1cc(NC2CC(c3cccc(Br)c3)C2)c(F)cc1Br. The predicted octanol–water partition coefficient (Wildman–Crippen LogP) is 5.85. The molecule has 0 unspecified atom stereocenters. The smallest absolute Gasteiger partial charge is 0.147 e. The van der Waals surface area contributed by atoms with Gasteiger partial charge in [-0.05, 0) is 58.5 Å². The molecule has 1 N–H and O–H groups in total. The summed E-state index contributed by atoms with van der Waals surface area (Å²) in [6.07, 6.45) is 1.85. The molecule has 0 bridgehead atoms. The third kappa shape index (κ3) is 3.29. The van der Waals surface area contributed by atoms with Gasteiger partial charge in [-0.2, -0.15) is 0 Å². The van der Waals surface area contributed by atoms with Crippen molar-refractivity contribution in [3.63, 3.8) is 0 Å². The zero-order chi connectivity index (χ0) is 15.0. The lowest BCUT2D eigenvalue weighted by atomic mass is 9.76. The van der Waals surface area contributed by atoms with Crippen LogP contribution < -0.4 is 5.32 Å². The van der Waals surface area contributed by atoms with Crippen LogP contribution in [-0.2, 0) is 0 Å². The fourth-order valence-corrected chi connectivity index (χ4v) is 3.35. The summed E-state index contributed by atoms with van der Waals surface area (Å²) in [6, 6.07) is 10.8. The van der Waals surface area contributed by atoms with Gasteiger partial charge in [0.25, 0.3) is 0 Å². The van der Waals surface area contributed by atoms with E-state index in [-0.39, 0.29) is 16.2 Å². The fraction of sp³-hybridized carbons (Fsp3) is 0.250. The Balaban J connectivity index is 1.64. The van der Waals surface area contributed by atoms with Gasteiger partial charge in [-0.25, -0.2) is 8.78 Å². The predicted molar refractivity (Wildman–Crippen MR) is 87.6 cm³/mol. The number of benzene rings is 2. The largest absolute Gasteiger partial charge is 0.380 e. The molecule has 0 atom stereocenters. The van der Waals surface area contributed by atoms with Gasteiger partial charge < -0.3 is 5.32 Å². The molecule has 0 aromatic heterocycles. The van der Waals surface area contributed by atoms with Crippen LogP contribution in [0.3, 0.4) is 0 Å². The van der Waals surface area contributed by atoms with E-state index in [9.17, 15) is 8.78 Å². The van der Waals surface area contributed by atoms with Crippen LogP contribution in [0.5, 0.6) is 0 Å². The number of anilines is 1. The van der Waals surface area contributed by atoms with E-state index >= 15 is 0 Å². The van der Waals surface area contributed by atoms with Gasteiger partial charge >= 0.3 is 0 Å². The molecule has 0 amide bonds. The van der Waals surface area contributed by atoms with Crippen LogP contribution in [0.4, 0.5) is 14.5 Å². The van der Waals surface area contributed by atoms with Gasteiger partial charge in [0, 0.05) is 16.6 Å². The molecule has 0 aliphatic heterocycles. The van der Waals surface area contributed by atoms with Crippen molar-refractivity contribution in [2.75, 3.05) is 5.32 Å². The number of hydrogen-bond acceptors (Lipinski definition) is 1. The molecule has 1 aliphatic rings. The Morgan fingerprint density at radius 1 is 1.00 bits per heavy atom. The van der Waals surface area contributed by atoms with Crippen molar-refractivity contribution in [1.29, 1.82) is 0 Å². The van der Waals surface area contributed by atoms with Gasteiger partial charge in [-0.1, -0.05) is 28.1 Å². The fourth-order valence-electron chi connectivity index (χ4n) is 2.62. The third-order valence-corrected chi connectivity index (χ3v) is 4.93. The zero-order valence-electron chi connectivity index (χ0n) is 11.0. The van der Waals surface area contributed by atoms with E-state index in [1.807, 2.05) is 12.1 Å². The topological polar surface area (TPSA) is 12.0 Å². The van der Waals surface area contributed by atoms with Gasteiger partial charge in [-0.15, -0.1) is 0 Å². The molecule has 2 aromatic rings. The van der Waals surface area contributed by atoms with Crippen molar-refractivity contribution >= 4 is 37.5 Å². The first-order valence-electron chi connectivity index (χ1n) is 6.69. The van der Waals surface area contributed by atoms with Crippen molar-refractivity contribution in [2.24, 2.45) is 0 Å². The standard InChI is InChI=1S/C16H13Br2F2N/c17-11-3-1-2-9(4-11)10-5-12(6-10)21-16-8-14(19)13(18)7-15(16)20/h1-4,7-8,10,12,21H,5-6H2. The minimum Gasteiger partial charge on any atom is -0.380 e. The molecule has 5 heteroatoms. The summed E-state index contributed by atoms with van der Waals surface area (Å²) < 4.78 is 28.4. The van der Waals surface area contributed by atoms with E-state index in [0.717, 1.165) is 23.4 Å². The molecule has 21 heavy (non-hydrogen) atoms. The summed E-state index contributed by atoms with van der Waals surface area (Å²) in [5.41, 5.74) is 1.51. The minimum absolute atomic E-state index is 0.145. The molecular weight excluding hydrogens is 404 g/mol. The Bertz CT molecular complexity index is 669. The molecular formula is C16H13Br2F2N. The summed E-state index contributed by atoms with van der Waals surface area (Å²) in [5, 5.41) is 3.08. The maximum atomic E-state index is 13.8. The highest BCUT2D eigenvalue weighted by Crippen LogP contribution is 2.39. The maximum absolute atomic E-state index is 13.8. The summed E-state index contributed by atoms with van der Waals surface area (Å²) in [4.78, 5) is 0. The number of nitrogens with one attached hydrogen (secondary N) is 1. The number of hydrogen-bond donors (Lipinski definition) is 1. The summed E-state index contributed by atoms with van der Waals surface area (Å²) >= 11 is 6.44. The molecule has 1 aliphatic carbocycles. The van der Waals surface area contributed by atoms with Gasteiger partial charge in [0.05, 0.1) is 10.2 Å². The van der Waals surface area contributed by atoms with E-state index in [1.54, 1.807) is 0 Å². The molecule has 0 heterocycles. The molecule has 0 saturated heterocycles. The highest BCUT2D eigenvalue weighted by atomic mass is 79.9. The van der Waals surface area contributed by atoms with E-state index in [0.29, 0.717) is 5.92 Å². The maximum Gasteiger partial charge on any atom is 0.147 e. The molecule has 0 spiro atoms. The van der Waals surface area contributed by atoms with E-state index in [1.165, 1.54) is 11.6 Å². The van der Waals surface area contributed by atoms with Crippen molar-refractivity contribution in [1.82, 2.24) is 0 Å². The van der Waals surface area contributed by atoms with Crippen molar-refractivity contribution in [2.45, 2.75) is 24.8 Å². The lowest BCUT2D eigenvalue weighted by Crippen LogP contribution is -2.34. The molecule has 1 fully saturated rings. The van der Waals surface area contributed by atoms with Gasteiger partial charge in [0.15, 0.2) is 0 Å². The van der Waals surface area contributed by atoms with Crippen LogP contribution in [0.1, 0.15) is 24.3 Å². The molecule has 1 nitrogen and oxygen atoms in total. The van der Waals surface area contributed by atoms with Crippen molar-refractivity contribution in [3.05, 3.63) is 62.5 Å². The summed E-state index contributed by atoms with van der Waals surface area (Å²) in [5.74, 6) is -0.417. The summed E-state index contributed by atoms with van der Waals surface area (Å²) in [6.45, 7) is 0. The first-order valence-corrected chi connectivity index (χ1v) is 8.28. The lowest BCUT2D eigenvalue weighted by Gasteiger charge is -2.37. The zero-order valence-corrected chi connectivity index (χ0v) is 14.2. The Morgan fingerprint density at radius 3 is 2.48 bits per heavy atom. The average molecular weight is 417 g/mol. The third-order valence-electron chi connectivity index (χ3n) is 3.83. The van der Waals surface area contributed by atoms with Crippen LogP contribution >= 0.6 is 31.9 Å². The number of halogens is 4. The normalized spacial score (nSPS) is 21.0. The van der Waals surface area contributed by atoms with Gasteiger partial charge in [0.2, 0.25) is 0 Å². The molecule has 110 valence electrons. The van der Waals surface area contributed by atoms with Crippen LogP contribution in [0.15, 0.2) is 45.3 Å². The Hall–Kier alpha value is -0.940. The summed E-state index contributed by atoms with van der Waals surface area (Å²) in [7, 11) is 0. The Labute approximate surface area is 139 Å². The highest BCUT2D eigenvalue weighted by molar-refractivity contribution is 9.10. The highest BCUT2D eigenvalue weighted by Gasteiger charge is 2.30. The van der Waals surface area contributed by atoms with Crippen LogP contribution in [0, 0.1) is 11.6 Å². The van der Waals surface area contributed by atoms with Crippen molar-refractivity contribution < 1.29 is 8.78 Å². The van der Waals surface area contributed by atoms with Gasteiger partial charge in [-0.3, -0.25) is 0 Å². The monoisotopic (exact) mass is 415 g/mol. The van der Waals surface area contributed by atoms with Crippen LogP contribution in [0.25, 0.3) is 0 Å². The van der Waals surface area contributed by atoms with Crippen molar-refractivity contribution in [3.8, 4) is 0 Å². The first-order chi connectivity index (χ1) is 10.0. The lowest BCUT2D eigenvalue weighted by molar-refractivity contribution is 0.372. The van der Waals surface area contributed by atoms with Crippen LogP contribution in [-0.4, -0.2) is 6.04 Å². The first kappa shape index (κ1) is 15.0. The average Bonchev–Trinajstić information content (AvgIpc) is 2.39. The molecule has 0 radical (unpaired) electrons. The molecule has 3 rings (SSSR count). The second-order valence-electron chi connectivity index (χ2n) is 5.31. The van der Waals surface area contributed by atoms with Gasteiger partial charge in [0.1, 0.15) is 11.6 Å².